The topological polar surface area (TPSA) is 46.5 Å². The number of ether oxygens (including phenoxy) is 1. The molecule has 0 saturated heterocycles. The van der Waals surface area contributed by atoms with E-state index >= 15 is 0 Å². The standard InChI is InChI=1S/C34H56O3/c1-21(2)26-10-7-22(3)19-31(26)37-32(36)14-8-23(4)28-12-13-29-27-11-9-24-20-25(35)15-17-33(24,5)30(27)16-18-34(28,29)6/h9,21-23,25-31,35H,7-8,10-20H2,1-6H3/t22-,23-,25+,26+,27+,28-,29+,30+,31-,33+,34-/m1/s1. The number of carbonyl (C=O) groups excluding carboxylic acids is 1. The summed E-state index contributed by atoms with van der Waals surface area (Å²) in [6.45, 7) is 14.5. The van der Waals surface area contributed by atoms with Crippen molar-refractivity contribution in [3.8, 4) is 0 Å². The van der Waals surface area contributed by atoms with Crippen LogP contribution in [0.5, 0.6) is 0 Å². The molecule has 0 unspecified atom stereocenters. The van der Waals surface area contributed by atoms with Crippen LogP contribution in [-0.4, -0.2) is 23.3 Å². The smallest absolute Gasteiger partial charge is 0.306 e. The van der Waals surface area contributed by atoms with Gasteiger partial charge in [0.2, 0.25) is 0 Å². The first-order valence-electron chi connectivity index (χ1n) is 16.1. The minimum absolute atomic E-state index is 0.0531. The third-order valence-electron chi connectivity index (χ3n) is 12.9. The van der Waals surface area contributed by atoms with Gasteiger partial charge in [0.1, 0.15) is 6.10 Å². The molecular weight excluding hydrogens is 456 g/mol. The Bertz CT molecular complexity index is 861. The molecule has 0 heterocycles. The first-order chi connectivity index (χ1) is 17.5. The fourth-order valence-corrected chi connectivity index (χ4v) is 10.6. The molecule has 210 valence electrons. The molecule has 0 radical (unpaired) electrons. The number of hydrogen-bond donors (Lipinski definition) is 1. The summed E-state index contributed by atoms with van der Waals surface area (Å²) in [6, 6.07) is 0. The summed E-state index contributed by atoms with van der Waals surface area (Å²) in [6.07, 6.45) is 17.3. The van der Waals surface area contributed by atoms with Gasteiger partial charge < -0.3 is 9.84 Å². The van der Waals surface area contributed by atoms with Gasteiger partial charge in [0.05, 0.1) is 6.10 Å². The van der Waals surface area contributed by atoms with E-state index in [2.05, 4.69) is 47.6 Å². The predicted molar refractivity (Wildman–Crippen MR) is 151 cm³/mol. The van der Waals surface area contributed by atoms with Crippen molar-refractivity contribution in [3.63, 3.8) is 0 Å². The van der Waals surface area contributed by atoms with Crippen molar-refractivity contribution in [3.05, 3.63) is 11.6 Å². The Balaban J connectivity index is 1.19. The van der Waals surface area contributed by atoms with Gasteiger partial charge in [0.15, 0.2) is 0 Å². The molecule has 0 amide bonds. The van der Waals surface area contributed by atoms with Crippen molar-refractivity contribution >= 4 is 5.97 Å². The highest BCUT2D eigenvalue weighted by atomic mass is 16.5. The van der Waals surface area contributed by atoms with Crippen LogP contribution in [0, 0.1) is 58.2 Å². The number of carbonyl (C=O) groups is 1. The van der Waals surface area contributed by atoms with Gasteiger partial charge in [-0.25, -0.2) is 0 Å². The second kappa shape index (κ2) is 10.6. The summed E-state index contributed by atoms with van der Waals surface area (Å²) in [5.74, 6) is 5.59. The Morgan fingerprint density at radius 2 is 1.84 bits per heavy atom. The molecule has 0 spiro atoms. The van der Waals surface area contributed by atoms with Crippen molar-refractivity contribution < 1.29 is 14.6 Å². The van der Waals surface area contributed by atoms with Crippen LogP contribution < -0.4 is 0 Å². The predicted octanol–water partition coefficient (Wildman–Crippen LogP) is 8.35. The lowest BCUT2D eigenvalue weighted by molar-refractivity contribution is -0.156. The van der Waals surface area contributed by atoms with E-state index in [0.717, 1.165) is 49.4 Å². The summed E-state index contributed by atoms with van der Waals surface area (Å²) in [5, 5.41) is 10.3. The van der Waals surface area contributed by atoms with Gasteiger partial charge in [-0.3, -0.25) is 4.79 Å². The van der Waals surface area contributed by atoms with E-state index in [1.807, 2.05) is 0 Å². The Labute approximate surface area is 227 Å². The van der Waals surface area contributed by atoms with Crippen molar-refractivity contribution in [2.24, 2.45) is 58.2 Å². The summed E-state index contributed by atoms with van der Waals surface area (Å²) in [7, 11) is 0. The largest absolute Gasteiger partial charge is 0.462 e. The Kier molecular flexibility index (Phi) is 7.96. The van der Waals surface area contributed by atoms with E-state index in [0.29, 0.717) is 40.9 Å². The fourth-order valence-electron chi connectivity index (χ4n) is 10.6. The normalized spacial score (nSPS) is 46.4. The Morgan fingerprint density at radius 3 is 2.59 bits per heavy atom. The zero-order chi connectivity index (χ0) is 26.5. The molecule has 0 bridgehead atoms. The summed E-state index contributed by atoms with van der Waals surface area (Å²) in [4.78, 5) is 13.0. The van der Waals surface area contributed by atoms with Crippen LogP contribution in [0.3, 0.4) is 0 Å². The van der Waals surface area contributed by atoms with Gasteiger partial charge in [-0.15, -0.1) is 0 Å². The molecule has 5 rings (SSSR count). The minimum Gasteiger partial charge on any atom is -0.462 e. The molecule has 3 nitrogen and oxygen atoms in total. The number of rotatable bonds is 6. The molecule has 0 aromatic carbocycles. The molecule has 5 aliphatic carbocycles. The maximum absolute atomic E-state index is 13.0. The van der Waals surface area contributed by atoms with Crippen molar-refractivity contribution in [2.75, 3.05) is 0 Å². The molecule has 3 heteroatoms. The van der Waals surface area contributed by atoms with Gasteiger partial charge >= 0.3 is 5.97 Å². The van der Waals surface area contributed by atoms with Crippen LogP contribution in [0.4, 0.5) is 0 Å². The van der Waals surface area contributed by atoms with Crippen LogP contribution >= 0.6 is 0 Å². The van der Waals surface area contributed by atoms with E-state index in [1.54, 1.807) is 5.57 Å². The molecule has 4 saturated carbocycles. The van der Waals surface area contributed by atoms with E-state index in [-0.39, 0.29) is 18.2 Å². The number of aliphatic hydroxyl groups excluding tert-OH is 1. The highest BCUT2D eigenvalue weighted by Crippen LogP contribution is 2.67. The molecule has 1 N–H and O–H groups in total. The van der Waals surface area contributed by atoms with Gasteiger partial charge in [-0.05, 0) is 129 Å². The van der Waals surface area contributed by atoms with Crippen LogP contribution in [0.1, 0.15) is 125 Å². The fraction of sp³-hybridized carbons (Fsp3) is 0.912. The second-order valence-electron chi connectivity index (χ2n) is 15.3. The third-order valence-corrected chi connectivity index (χ3v) is 12.9. The average Bonchev–Trinajstić information content (AvgIpc) is 3.20. The zero-order valence-corrected chi connectivity index (χ0v) is 24.8. The molecule has 0 aliphatic heterocycles. The first kappa shape index (κ1) is 27.7. The Morgan fingerprint density at radius 1 is 1.05 bits per heavy atom. The number of allylic oxidation sites excluding steroid dienone is 1. The monoisotopic (exact) mass is 512 g/mol. The second-order valence-corrected chi connectivity index (χ2v) is 15.3. The van der Waals surface area contributed by atoms with Crippen molar-refractivity contribution in [2.45, 2.75) is 137 Å². The van der Waals surface area contributed by atoms with Crippen molar-refractivity contribution in [1.82, 2.24) is 0 Å². The van der Waals surface area contributed by atoms with Crippen molar-refractivity contribution in [1.29, 1.82) is 0 Å². The Hall–Kier alpha value is -0.830. The molecule has 37 heavy (non-hydrogen) atoms. The average molecular weight is 513 g/mol. The molecule has 4 fully saturated rings. The van der Waals surface area contributed by atoms with Gasteiger partial charge in [-0.1, -0.05) is 59.6 Å². The number of fused-ring (bicyclic) bond motifs is 5. The number of esters is 1. The highest BCUT2D eigenvalue weighted by Gasteiger charge is 2.59. The van der Waals surface area contributed by atoms with E-state index < -0.39 is 0 Å². The van der Waals surface area contributed by atoms with Crippen LogP contribution in [0.25, 0.3) is 0 Å². The molecular formula is C34H56O3. The highest BCUT2D eigenvalue weighted by molar-refractivity contribution is 5.69. The zero-order valence-electron chi connectivity index (χ0n) is 24.8. The quantitative estimate of drug-likeness (QED) is 0.287. The van der Waals surface area contributed by atoms with Gasteiger partial charge in [-0.2, -0.15) is 0 Å². The maximum atomic E-state index is 13.0. The van der Waals surface area contributed by atoms with E-state index in [9.17, 15) is 9.90 Å². The molecule has 0 aromatic heterocycles. The van der Waals surface area contributed by atoms with Crippen LogP contribution in [-0.2, 0) is 9.53 Å². The van der Waals surface area contributed by atoms with E-state index in [4.69, 9.17) is 4.74 Å². The lowest BCUT2D eigenvalue weighted by atomic mass is 9.47. The van der Waals surface area contributed by atoms with Crippen LogP contribution in [0.15, 0.2) is 11.6 Å². The maximum Gasteiger partial charge on any atom is 0.306 e. The first-order valence-corrected chi connectivity index (χ1v) is 16.1. The number of aliphatic hydroxyl groups is 1. The minimum atomic E-state index is -0.120. The van der Waals surface area contributed by atoms with Gasteiger partial charge in [0.25, 0.3) is 0 Å². The lowest BCUT2D eigenvalue weighted by Gasteiger charge is -2.58. The van der Waals surface area contributed by atoms with Gasteiger partial charge in [0, 0.05) is 6.42 Å². The summed E-state index contributed by atoms with van der Waals surface area (Å²) < 4.78 is 6.16. The summed E-state index contributed by atoms with van der Waals surface area (Å²) in [5.41, 5.74) is 2.31. The third kappa shape index (κ3) is 5.09. The lowest BCUT2D eigenvalue weighted by Crippen LogP contribution is -2.50. The molecule has 0 aromatic rings. The number of hydrogen-bond acceptors (Lipinski definition) is 3. The summed E-state index contributed by atoms with van der Waals surface area (Å²) >= 11 is 0. The SMILES string of the molecule is CC(C)[C@@H]1CC[C@@H](C)C[C@H]1OC(=O)CC[C@@H](C)[C@H]1CC[C@H]2[C@@H]3CC=C4C[C@@H](O)CC[C@]4(C)[C@H]3CC[C@]12C. The van der Waals surface area contributed by atoms with E-state index in [1.165, 1.54) is 51.4 Å². The van der Waals surface area contributed by atoms with Crippen LogP contribution in [0.2, 0.25) is 0 Å². The molecule has 11 atom stereocenters. The molecule has 5 aliphatic rings.